The van der Waals surface area contributed by atoms with Gasteiger partial charge in [-0.05, 0) is 39.8 Å². The number of nitrogens with zero attached hydrogens (tertiary/aromatic N) is 1. The lowest BCUT2D eigenvalue weighted by Crippen LogP contribution is -2.45. The summed E-state index contributed by atoms with van der Waals surface area (Å²) in [5.41, 5.74) is 0. The highest BCUT2D eigenvalue weighted by molar-refractivity contribution is 5.81. The molecule has 1 aromatic heterocycles. The maximum atomic E-state index is 12.0. The highest BCUT2D eigenvalue weighted by Gasteiger charge is 2.20. The van der Waals surface area contributed by atoms with Gasteiger partial charge in [0.25, 0.3) is 0 Å². The minimum absolute atomic E-state index is 0.0412. The quantitative estimate of drug-likeness (QED) is 0.826. The lowest BCUT2D eigenvalue weighted by molar-refractivity contribution is -0.132. The molecule has 1 N–H and O–H groups in total. The summed E-state index contributed by atoms with van der Waals surface area (Å²) in [5.74, 6) is 0.984. The normalized spacial score (nSPS) is 14.4. The van der Waals surface area contributed by atoms with Crippen LogP contribution in [0.15, 0.2) is 22.8 Å². The van der Waals surface area contributed by atoms with Gasteiger partial charge in [-0.3, -0.25) is 10.1 Å². The second-order valence-electron chi connectivity index (χ2n) is 4.14. The zero-order valence-corrected chi connectivity index (χ0v) is 11.1. The molecule has 0 aliphatic rings. The minimum atomic E-state index is -0.199. The predicted octanol–water partition coefficient (Wildman–Crippen LogP) is 2.19. The highest BCUT2D eigenvalue weighted by Crippen LogP contribution is 2.13. The van der Waals surface area contributed by atoms with Crippen LogP contribution >= 0.6 is 0 Å². The van der Waals surface area contributed by atoms with Crippen LogP contribution in [0.25, 0.3) is 0 Å². The van der Waals surface area contributed by atoms with Crippen LogP contribution in [-0.4, -0.2) is 29.9 Å². The molecule has 2 atom stereocenters. The summed E-state index contributed by atoms with van der Waals surface area (Å²) in [6.45, 7) is 9.35. The molecule has 0 radical (unpaired) electrons. The summed E-state index contributed by atoms with van der Waals surface area (Å²) < 4.78 is 5.30. The third kappa shape index (κ3) is 3.60. The van der Waals surface area contributed by atoms with Gasteiger partial charge in [-0.15, -0.1) is 0 Å². The van der Waals surface area contributed by atoms with Gasteiger partial charge >= 0.3 is 0 Å². The van der Waals surface area contributed by atoms with E-state index in [1.807, 2.05) is 44.7 Å². The summed E-state index contributed by atoms with van der Waals surface area (Å²) in [6, 6.07) is 3.60. The van der Waals surface area contributed by atoms with Crippen LogP contribution in [0.3, 0.4) is 0 Å². The van der Waals surface area contributed by atoms with Gasteiger partial charge in [-0.2, -0.15) is 0 Å². The van der Waals surface area contributed by atoms with Crippen molar-refractivity contribution in [1.82, 2.24) is 10.2 Å². The van der Waals surface area contributed by atoms with Crippen LogP contribution in [-0.2, 0) is 4.79 Å². The molecule has 0 saturated heterocycles. The van der Waals surface area contributed by atoms with Gasteiger partial charge in [0.2, 0.25) is 5.91 Å². The van der Waals surface area contributed by atoms with Gasteiger partial charge in [0, 0.05) is 13.1 Å². The first-order valence-electron chi connectivity index (χ1n) is 6.18. The monoisotopic (exact) mass is 238 g/mol. The van der Waals surface area contributed by atoms with Crippen molar-refractivity contribution in [3.63, 3.8) is 0 Å². The number of furan rings is 1. The first-order valence-corrected chi connectivity index (χ1v) is 6.18. The van der Waals surface area contributed by atoms with Crippen LogP contribution in [0.4, 0.5) is 0 Å². The number of hydrogen-bond donors (Lipinski definition) is 1. The first kappa shape index (κ1) is 13.8. The summed E-state index contributed by atoms with van der Waals surface area (Å²) in [6.07, 6.45) is 1.64. The lowest BCUT2D eigenvalue weighted by atomic mass is 10.2. The van der Waals surface area contributed by atoms with Gasteiger partial charge in [-0.1, -0.05) is 0 Å². The van der Waals surface area contributed by atoms with E-state index in [0.717, 1.165) is 18.8 Å². The minimum Gasteiger partial charge on any atom is -0.468 e. The van der Waals surface area contributed by atoms with Crippen LogP contribution in [0, 0.1) is 0 Å². The van der Waals surface area contributed by atoms with E-state index in [1.165, 1.54) is 0 Å². The molecule has 0 saturated carbocycles. The van der Waals surface area contributed by atoms with Crippen LogP contribution in [0.1, 0.15) is 39.5 Å². The third-order valence-corrected chi connectivity index (χ3v) is 2.92. The molecule has 17 heavy (non-hydrogen) atoms. The fourth-order valence-corrected chi connectivity index (χ4v) is 1.88. The standard InChI is InChI=1S/C13H22N2O2/c1-5-15(6-2)13(16)11(4)14-10(3)12-8-7-9-17-12/h7-11,14H,5-6H2,1-4H3/t10-,11?/m1/s1. The number of likely N-dealkylation sites (N-methyl/N-ethyl adjacent to an activating group) is 1. The molecular weight excluding hydrogens is 216 g/mol. The van der Waals surface area contributed by atoms with Crippen LogP contribution in [0.2, 0.25) is 0 Å². The molecule has 1 amide bonds. The topological polar surface area (TPSA) is 45.5 Å². The molecule has 96 valence electrons. The lowest BCUT2D eigenvalue weighted by Gasteiger charge is -2.25. The van der Waals surface area contributed by atoms with Gasteiger partial charge < -0.3 is 9.32 Å². The second kappa shape index (κ2) is 6.45. The molecule has 4 nitrogen and oxygen atoms in total. The van der Waals surface area contributed by atoms with Crippen molar-refractivity contribution in [2.75, 3.05) is 13.1 Å². The number of rotatable bonds is 6. The van der Waals surface area contributed by atoms with E-state index in [2.05, 4.69) is 5.32 Å². The molecule has 0 aliphatic carbocycles. The molecule has 1 rings (SSSR count). The summed E-state index contributed by atoms with van der Waals surface area (Å²) in [7, 11) is 0. The van der Waals surface area contributed by atoms with Crippen LogP contribution in [0.5, 0.6) is 0 Å². The fraction of sp³-hybridized carbons (Fsp3) is 0.615. The highest BCUT2D eigenvalue weighted by atomic mass is 16.3. The second-order valence-corrected chi connectivity index (χ2v) is 4.14. The maximum Gasteiger partial charge on any atom is 0.239 e. The Labute approximate surface area is 103 Å². The van der Waals surface area contributed by atoms with Crippen molar-refractivity contribution in [3.05, 3.63) is 24.2 Å². The van der Waals surface area contributed by atoms with Crippen molar-refractivity contribution in [1.29, 1.82) is 0 Å². The van der Waals surface area contributed by atoms with E-state index in [4.69, 9.17) is 4.42 Å². The molecule has 0 aromatic carbocycles. The summed E-state index contributed by atoms with van der Waals surface area (Å²) >= 11 is 0. The number of amides is 1. The Morgan fingerprint density at radius 2 is 2.06 bits per heavy atom. The number of carbonyl (C=O) groups excluding carboxylic acids is 1. The molecule has 0 aliphatic heterocycles. The van der Waals surface area contributed by atoms with Crippen molar-refractivity contribution in [2.45, 2.75) is 39.8 Å². The van der Waals surface area contributed by atoms with Gasteiger partial charge in [0.15, 0.2) is 0 Å². The summed E-state index contributed by atoms with van der Waals surface area (Å²) in [5, 5.41) is 3.25. The zero-order valence-electron chi connectivity index (χ0n) is 11.1. The molecule has 1 heterocycles. The van der Waals surface area contributed by atoms with Crippen LogP contribution < -0.4 is 5.32 Å². The number of carbonyl (C=O) groups is 1. The van der Waals surface area contributed by atoms with Crippen molar-refractivity contribution >= 4 is 5.91 Å². The smallest absolute Gasteiger partial charge is 0.239 e. The van der Waals surface area contributed by atoms with E-state index in [-0.39, 0.29) is 18.0 Å². The van der Waals surface area contributed by atoms with Gasteiger partial charge in [0.05, 0.1) is 18.3 Å². The van der Waals surface area contributed by atoms with Crippen molar-refractivity contribution in [3.8, 4) is 0 Å². The van der Waals surface area contributed by atoms with E-state index >= 15 is 0 Å². The molecule has 0 spiro atoms. The average molecular weight is 238 g/mol. The van der Waals surface area contributed by atoms with E-state index in [9.17, 15) is 4.79 Å². The SMILES string of the molecule is CCN(CC)C(=O)C(C)N[C@H](C)c1ccco1. The largest absolute Gasteiger partial charge is 0.468 e. The Morgan fingerprint density at radius 1 is 1.41 bits per heavy atom. The Balaban J connectivity index is 2.54. The van der Waals surface area contributed by atoms with E-state index in [0.29, 0.717) is 0 Å². The predicted molar refractivity (Wildman–Crippen MR) is 67.6 cm³/mol. The molecule has 0 fully saturated rings. The average Bonchev–Trinajstić information content (AvgIpc) is 2.83. The molecule has 1 aromatic rings. The molecular formula is C13H22N2O2. The molecule has 0 bridgehead atoms. The van der Waals surface area contributed by atoms with Gasteiger partial charge in [0.1, 0.15) is 5.76 Å². The third-order valence-electron chi connectivity index (χ3n) is 2.92. The van der Waals surface area contributed by atoms with E-state index in [1.54, 1.807) is 6.26 Å². The Bertz CT molecular complexity index is 331. The zero-order chi connectivity index (χ0) is 12.8. The molecule has 1 unspecified atom stereocenters. The first-order chi connectivity index (χ1) is 8.10. The number of hydrogen-bond acceptors (Lipinski definition) is 3. The Kier molecular flexibility index (Phi) is 5.22. The van der Waals surface area contributed by atoms with Crippen molar-refractivity contribution in [2.24, 2.45) is 0 Å². The van der Waals surface area contributed by atoms with E-state index < -0.39 is 0 Å². The molecule has 4 heteroatoms. The number of nitrogens with one attached hydrogen (secondary N) is 1. The Morgan fingerprint density at radius 3 is 2.53 bits per heavy atom. The summed E-state index contributed by atoms with van der Waals surface area (Å²) in [4.78, 5) is 13.9. The fourth-order valence-electron chi connectivity index (χ4n) is 1.88. The van der Waals surface area contributed by atoms with Crippen molar-refractivity contribution < 1.29 is 9.21 Å². The maximum absolute atomic E-state index is 12.0. The van der Waals surface area contributed by atoms with Gasteiger partial charge in [-0.25, -0.2) is 0 Å². The Hall–Kier alpha value is -1.29.